The van der Waals surface area contributed by atoms with Crippen LogP contribution in [-0.4, -0.2) is 40.4 Å². The molecular weight excluding hydrogens is 403 g/mol. The molecule has 8 nitrogen and oxygen atoms in total. The average Bonchev–Trinajstić information content (AvgIpc) is 3.61. The number of anilines is 1. The number of carbonyl (C=O) groups is 1. The third-order valence-electron chi connectivity index (χ3n) is 5.72. The van der Waals surface area contributed by atoms with Gasteiger partial charge in [0.2, 0.25) is 5.43 Å². The molecule has 0 bridgehead atoms. The molecule has 2 aromatic heterocycles. The highest BCUT2D eigenvalue weighted by Crippen LogP contribution is 2.38. The molecule has 2 aliphatic rings. The van der Waals surface area contributed by atoms with Crippen LogP contribution in [0.1, 0.15) is 30.5 Å². The van der Waals surface area contributed by atoms with Gasteiger partial charge in [-0.25, -0.2) is 14.2 Å². The summed E-state index contributed by atoms with van der Waals surface area (Å²) in [4.78, 5) is 30.1. The minimum Gasteiger partial charge on any atom is -0.449 e. The summed E-state index contributed by atoms with van der Waals surface area (Å²) in [5, 5.41) is 12.4. The van der Waals surface area contributed by atoms with Crippen LogP contribution in [0.25, 0.3) is 11.0 Å². The number of hydrogen-bond donors (Lipinski definition) is 2. The highest BCUT2D eigenvalue weighted by Gasteiger charge is 2.29. The van der Waals surface area contributed by atoms with E-state index in [4.69, 9.17) is 5.11 Å². The van der Waals surface area contributed by atoms with E-state index in [2.05, 4.69) is 15.0 Å². The lowest BCUT2D eigenvalue weighted by atomic mass is 10.0. The SMILES string of the molecule is O=C(O)Oc1cn(C2CC2)c2nc(N3CCNC(c4ccccc4)C3)c(F)cc2c1=O. The van der Waals surface area contributed by atoms with Gasteiger partial charge in [-0.2, -0.15) is 0 Å². The first-order valence-electron chi connectivity index (χ1n) is 10.2. The maximum atomic E-state index is 15.1. The van der Waals surface area contributed by atoms with Gasteiger partial charge >= 0.3 is 6.16 Å². The smallest absolute Gasteiger partial charge is 0.449 e. The number of aromatic nitrogens is 2. The van der Waals surface area contributed by atoms with Crippen molar-refractivity contribution in [2.75, 3.05) is 24.5 Å². The number of piperazine rings is 1. The third-order valence-corrected chi connectivity index (χ3v) is 5.72. The van der Waals surface area contributed by atoms with Crippen LogP contribution in [0.4, 0.5) is 15.0 Å². The second-order valence-electron chi connectivity index (χ2n) is 7.86. The average molecular weight is 424 g/mol. The fourth-order valence-electron chi connectivity index (χ4n) is 4.08. The van der Waals surface area contributed by atoms with E-state index in [1.165, 1.54) is 6.20 Å². The Morgan fingerprint density at radius 3 is 2.74 bits per heavy atom. The minimum atomic E-state index is -1.59. The number of carboxylic acid groups (broad SMARTS) is 1. The van der Waals surface area contributed by atoms with Gasteiger partial charge in [-0.15, -0.1) is 0 Å². The molecule has 2 fully saturated rings. The molecule has 1 aliphatic heterocycles. The normalized spacial score (nSPS) is 18.9. The van der Waals surface area contributed by atoms with E-state index < -0.39 is 17.4 Å². The monoisotopic (exact) mass is 424 g/mol. The lowest BCUT2D eigenvalue weighted by Gasteiger charge is -2.35. The van der Waals surface area contributed by atoms with E-state index in [0.717, 1.165) is 24.5 Å². The lowest BCUT2D eigenvalue weighted by molar-refractivity contribution is 0.143. The van der Waals surface area contributed by atoms with Gasteiger partial charge in [0.05, 0.1) is 11.6 Å². The molecule has 2 N–H and O–H groups in total. The molecule has 1 unspecified atom stereocenters. The number of pyridine rings is 2. The predicted octanol–water partition coefficient (Wildman–Crippen LogP) is 3.08. The highest BCUT2D eigenvalue weighted by atomic mass is 19.1. The second kappa shape index (κ2) is 7.66. The fraction of sp³-hybridized carbons (Fsp3) is 0.318. The molecular formula is C22H21FN4O4. The Kier molecular flexibility index (Phi) is 4.82. The topological polar surface area (TPSA) is 96.7 Å². The van der Waals surface area contributed by atoms with Crippen LogP contribution in [0, 0.1) is 5.82 Å². The van der Waals surface area contributed by atoms with Gasteiger partial charge in [-0.05, 0) is 24.5 Å². The number of rotatable bonds is 4. The van der Waals surface area contributed by atoms with E-state index in [1.54, 1.807) is 4.57 Å². The Labute approximate surface area is 176 Å². The second-order valence-corrected chi connectivity index (χ2v) is 7.86. The summed E-state index contributed by atoms with van der Waals surface area (Å²) in [5.41, 5.74) is 0.768. The Morgan fingerprint density at radius 1 is 1.26 bits per heavy atom. The number of nitrogens with zero attached hydrogens (tertiary/aromatic N) is 3. The van der Waals surface area contributed by atoms with E-state index in [1.807, 2.05) is 35.2 Å². The van der Waals surface area contributed by atoms with E-state index >= 15 is 4.39 Å². The van der Waals surface area contributed by atoms with Crippen molar-refractivity contribution in [2.24, 2.45) is 0 Å². The molecule has 3 heterocycles. The first kappa shape index (κ1) is 19.5. The van der Waals surface area contributed by atoms with Crippen molar-refractivity contribution >= 4 is 23.0 Å². The zero-order valence-electron chi connectivity index (χ0n) is 16.6. The van der Waals surface area contributed by atoms with Crippen LogP contribution in [0.15, 0.2) is 47.4 Å². The summed E-state index contributed by atoms with van der Waals surface area (Å²) in [7, 11) is 0. The summed E-state index contributed by atoms with van der Waals surface area (Å²) in [6, 6.07) is 11.2. The molecule has 0 amide bonds. The van der Waals surface area contributed by atoms with Gasteiger partial charge in [0.1, 0.15) is 5.65 Å². The number of fused-ring (bicyclic) bond motifs is 1. The van der Waals surface area contributed by atoms with Crippen LogP contribution in [0.2, 0.25) is 0 Å². The van der Waals surface area contributed by atoms with Crippen molar-refractivity contribution in [3.8, 4) is 5.75 Å². The molecule has 1 atom stereocenters. The van der Waals surface area contributed by atoms with Gasteiger partial charge in [0.15, 0.2) is 17.4 Å². The van der Waals surface area contributed by atoms with E-state index in [0.29, 0.717) is 25.3 Å². The van der Waals surface area contributed by atoms with Crippen molar-refractivity contribution in [1.29, 1.82) is 0 Å². The Balaban J connectivity index is 1.57. The predicted molar refractivity (Wildman–Crippen MR) is 112 cm³/mol. The molecule has 5 rings (SSSR count). The van der Waals surface area contributed by atoms with Crippen LogP contribution < -0.4 is 20.4 Å². The third kappa shape index (κ3) is 3.72. The van der Waals surface area contributed by atoms with Gasteiger partial charge < -0.3 is 24.6 Å². The van der Waals surface area contributed by atoms with Gasteiger partial charge in [0.25, 0.3) is 0 Å². The largest absolute Gasteiger partial charge is 0.511 e. The minimum absolute atomic E-state index is 0.0154. The molecule has 3 aromatic rings. The molecule has 160 valence electrons. The van der Waals surface area contributed by atoms with E-state index in [9.17, 15) is 9.59 Å². The quantitative estimate of drug-likeness (QED) is 0.622. The first-order valence-corrected chi connectivity index (χ1v) is 10.2. The molecule has 1 aromatic carbocycles. The molecule has 1 saturated carbocycles. The highest BCUT2D eigenvalue weighted by molar-refractivity contribution is 5.80. The Bertz CT molecular complexity index is 1210. The molecule has 0 spiro atoms. The Hall–Kier alpha value is -3.46. The van der Waals surface area contributed by atoms with Crippen LogP contribution in [0.3, 0.4) is 0 Å². The maximum absolute atomic E-state index is 15.1. The summed E-state index contributed by atoms with van der Waals surface area (Å²) < 4.78 is 21.5. The summed E-state index contributed by atoms with van der Waals surface area (Å²) >= 11 is 0. The van der Waals surface area contributed by atoms with Gasteiger partial charge in [-0.1, -0.05) is 30.3 Å². The van der Waals surface area contributed by atoms with Crippen molar-refractivity contribution in [2.45, 2.75) is 24.9 Å². The number of halogens is 1. The number of nitrogens with one attached hydrogen (secondary N) is 1. The molecule has 1 aliphatic carbocycles. The Morgan fingerprint density at radius 2 is 2.03 bits per heavy atom. The standard InChI is InChI=1S/C22H21FN4O4/c23-16-10-15-19(28)18(31-22(29)30)12-27(14-6-7-14)20(15)25-21(16)26-9-8-24-17(11-26)13-4-2-1-3-5-13/h1-5,10,12,14,17,24H,6-9,11H2,(H,29,30). The molecule has 31 heavy (non-hydrogen) atoms. The zero-order chi connectivity index (χ0) is 21.5. The van der Waals surface area contributed by atoms with Crippen molar-refractivity contribution in [3.63, 3.8) is 0 Å². The van der Waals surface area contributed by atoms with Gasteiger partial charge in [0, 0.05) is 31.7 Å². The number of hydrogen-bond acceptors (Lipinski definition) is 6. The summed E-state index contributed by atoms with van der Waals surface area (Å²) in [6.07, 6.45) is 1.54. The molecule has 1 saturated heterocycles. The van der Waals surface area contributed by atoms with Crippen LogP contribution >= 0.6 is 0 Å². The summed E-state index contributed by atoms with van der Waals surface area (Å²) in [5.74, 6) is -0.768. The number of ether oxygens (including phenoxy) is 1. The first-order chi connectivity index (χ1) is 15.0. The molecule has 0 radical (unpaired) electrons. The van der Waals surface area contributed by atoms with Crippen molar-refractivity contribution in [3.05, 3.63) is 64.2 Å². The van der Waals surface area contributed by atoms with E-state index in [-0.39, 0.29) is 29.0 Å². The summed E-state index contributed by atoms with van der Waals surface area (Å²) in [6.45, 7) is 1.78. The zero-order valence-corrected chi connectivity index (χ0v) is 16.6. The van der Waals surface area contributed by atoms with Crippen LogP contribution in [-0.2, 0) is 0 Å². The van der Waals surface area contributed by atoms with Crippen molar-refractivity contribution < 1.29 is 19.0 Å². The van der Waals surface area contributed by atoms with Gasteiger partial charge in [-0.3, -0.25) is 4.79 Å². The fourth-order valence-corrected chi connectivity index (χ4v) is 4.08. The lowest BCUT2D eigenvalue weighted by Crippen LogP contribution is -2.46. The maximum Gasteiger partial charge on any atom is 0.511 e. The van der Waals surface area contributed by atoms with Crippen LogP contribution in [0.5, 0.6) is 5.75 Å². The number of benzene rings is 1. The van der Waals surface area contributed by atoms with Crippen molar-refractivity contribution in [1.82, 2.24) is 14.9 Å². The molecule has 9 heteroatoms.